The smallest absolute Gasteiger partial charge is 0.0343 e. The summed E-state index contributed by atoms with van der Waals surface area (Å²) in [5.41, 5.74) is 16.4. The largest absolute Gasteiger partial charge is 0.0622 e. The van der Waals surface area contributed by atoms with E-state index >= 15 is 0 Å². The molecule has 2 heterocycles. The summed E-state index contributed by atoms with van der Waals surface area (Å²) in [6.45, 7) is 5.38. The molecule has 0 amide bonds. The van der Waals surface area contributed by atoms with Crippen molar-refractivity contribution in [2.75, 3.05) is 0 Å². The summed E-state index contributed by atoms with van der Waals surface area (Å²) in [6, 6.07) is 111. The SMILES string of the molecule is C[Si]1=C(c2cccc3ccccc23)C(c2ccccc2)=C(c2ccccc2)C1(CCC1(c2cccc3ccccc23)C(c2ccccc2)=C(c2ccccc2)C(c2cccc3ccccc23)=[Si]1C)c1cccc2ccccc12. The van der Waals surface area contributed by atoms with Crippen molar-refractivity contribution in [3.63, 3.8) is 0 Å². The van der Waals surface area contributed by atoms with Gasteiger partial charge >= 0.3 is 0 Å². The fourth-order valence-corrected chi connectivity index (χ4v) is 21.2. The van der Waals surface area contributed by atoms with Gasteiger partial charge in [-0.05, 0) is 133 Å². The van der Waals surface area contributed by atoms with E-state index in [0.717, 1.165) is 12.8 Å². The van der Waals surface area contributed by atoms with Crippen molar-refractivity contribution < 1.29 is 0 Å². The lowest BCUT2D eigenvalue weighted by Crippen LogP contribution is -2.43. The summed E-state index contributed by atoms with van der Waals surface area (Å²) in [5, 5.41) is 12.5. The van der Waals surface area contributed by atoms with E-state index in [2.05, 4.69) is 304 Å². The summed E-state index contributed by atoms with van der Waals surface area (Å²) >= 11 is 0. The average Bonchev–Trinajstić information content (AvgIpc) is 3.89. The van der Waals surface area contributed by atoms with E-state index in [9.17, 15) is 0 Å². The highest BCUT2D eigenvalue weighted by Crippen LogP contribution is 2.59. The van der Waals surface area contributed by atoms with Crippen LogP contribution in [0.3, 0.4) is 0 Å². The van der Waals surface area contributed by atoms with Gasteiger partial charge < -0.3 is 0 Å². The number of benzene rings is 12. The predicted molar refractivity (Wildman–Crippen MR) is 339 cm³/mol. The van der Waals surface area contributed by atoms with Gasteiger partial charge in [-0.15, -0.1) is 0 Å². The maximum atomic E-state index is 2.69. The molecule has 0 nitrogen and oxygen atoms in total. The number of allylic oxidation sites excluding steroid dienone is 4. The van der Waals surface area contributed by atoms with Gasteiger partial charge in [-0.25, -0.2) is 0 Å². The zero-order valence-electron chi connectivity index (χ0n) is 44.1. The molecule has 370 valence electrons. The van der Waals surface area contributed by atoms with Crippen LogP contribution in [0.2, 0.25) is 13.1 Å². The lowest BCUT2D eigenvalue weighted by atomic mass is 9.71. The first kappa shape index (κ1) is 47.8. The van der Waals surface area contributed by atoms with Crippen LogP contribution in [0, 0.1) is 0 Å². The Morgan fingerprint density at radius 2 is 0.526 bits per heavy atom. The molecule has 0 radical (unpaired) electrons. The van der Waals surface area contributed by atoms with Gasteiger partial charge in [-0.3, -0.25) is 0 Å². The van der Waals surface area contributed by atoms with Gasteiger partial charge in [-0.1, -0.05) is 304 Å². The summed E-state index contributed by atoms with van der Waals surface area (Å²) in [7, 11) is -3.27. The molecule has 0 spiro atoms. The van der Waals surface area contributed by atoms with Crippen LogP contribution in [0.25, 0.3) is 65.4 Å². The van der Waals surface area contributed by atoms with E-state index in [1.807, 2.05) is 0 Å². The van der Waals surface area contributed by atoms with E-state index in [4.69, 9.17) is 0 Å². The van der Waals surface area contributed by atoms with Crippen molar-refractivity contribution in [2.24, 2.45) is 0 Å². The third kappa shape index (κ3) is 7.53. The monoisotopic (exact) mass is 1030 g/mol. The molecule has 2 aliphatic rings. The Balaban J connectivity index is 1.17. The van der Waals surface area contributed by atoms with Gasteiger partial charge in [0.05, 0.1) is 0 Å². The first-order valence-electron chi connectivity index (χ1n) is 27.6. The fraction of sp³-hybridized carbons (Fsp3) is 0.0789. The molecule has 0 saturated heterocycles. The minimum Gasteiger partial charge on any atom is -0.0622 e. The predicted octanol–water partition coefficient (Wildman–Crippen LogP) is 18.4. The van der Waals surface area contributed by atoms with Gasteiger partial charge in [0.25, 0.3) is 0 Å². The molecule has 0 aromatic heterocycles. The van der Waals surface area contributed by atoms with Gasteiger partial charge in [0, 0.05) is 26.9 Å². The normalized spacial score (nSPS) is 17.6. The highest BCUT2D eigenvalue weighted by molar-refractivity contribution is 6.89. The molecule has 2 heteroatoms. The Morgan fingerprint density at radius 3 is 0.885 bits per heavy atom. The molecule has 14 rings (SSSR count). The number of rotatable bonds is 11. The third-order valence-electron chi connectivity index (χ3n) is 17.6. The number of fused-ring (bicyclic) bond motifs is 4. The van der Waals surface area contributed by atoms with Crippen LogP contribution in [-0.2, 0) is 10.1 Å². The maximum Gasteiger partial charge on any atom is 0.0343 e. The Kier molecular flexibility index (Phi) is 12.1. The fourth-order valence-electron chi connectivity index (χ4n) is 14.3. The second-order valence-electron chi connectivity index (χ2n) is 21.4. The van der Waals surface area contributed by atoms with Crippen molar-refractivity contribution in [2.45, 2.75) is 36.0 Å². The summed E-state index contributed by atoms with van der Waals surface area (Å²) in [4.78, 5) is 0. The zero-order chi connectivity index (χ0) is 52.2. The topological polar surface area (TPSA) is 0 Å². The third-order valence-corrected chi connectivity index (χ3v) is 24.3. The Bertz CT molecular complexity index is 4120. The second-order valence-corrected chi connectivity index (χ2v) is 26.6. The zero-order valence-corrected chi connectivity index (χ0v) is 46.1. The van der Waals surface area contributed by atoms with Crippen LogP contribution in [-0.4, -0.2) is 27.2 Å². The van der Waals surface area contributed by atoms with Crippen LogP contribution >= 0.6 is 0 Å². The second kappa shape index (κ2) is 19.7. The molecule has 12 aromatic rings. The quantitative estimate of drug-likeness (QED) is 0.113. The number of hydrogen-bond donors (Lipinski definition) is 0. The van der Waals surface area contributed by atoms with Crippen molar-refractivity contribution >= 4 is 92.5 Å². The molecule has 0 N–H and O–H groups in total. The highest BCUT2D eigenvalue weighted by Gasteiger charge is 2.54. The molecular formula is C76H58Si2. The first-order chi connectivity index (χ1) is 38.6. The number of hydrogen-bond acceptors (Lipinski definition) is 0. The Hall–Kier alpha value is -8.67. The van der Waals surface area contributed by atoms with E-state index in [0.29, 0.717) is 0 Å². The van der Waals surface area contributed by atoms with Gasteiger partial charge in [-0.2, -0.15) is 0 Å². The van der Waals surface area contributed by atoms with Gasteiger partial charge in [0.15, 0.2) is 0 Å². The molecule has 12 aromatic carbocycles. The van der Waals surface area contributed by atoms with Crippen LogP contribution in [0.4, 0.5) is 0 Å². The van der Waals surface area contributed by atoms with Crippen molar-refractivity contribution in [3.8, 4) is 0 Å². The van der Waals surface area contributed by atoms with E-state index in [1.54, 1.807) is 0 Å². The van der Waals surface area contributed by atoms with Gasteiger partial charge in [0.1, 0.15) is 0 Å². The Labute approximate surface area is 461 Å². The maximum absolute atomic E-state index is 2.69. The van der Waals surface area contributed by atoms with Crippen molar-refractivity contribution in [1.82, 2.24) is 0 Å². The van der Waals surface area contributed by atoms with Gasteiger partial charge in [0.2, 0.25) is 0 Å². The summed E-state index contributed by atoms with van der Waals surface area (Å²) in [6.07, 6.45) is 1.82. The van der Waals surface area contributed by atoms with Crippen LogP contribution < -0.4 is 0 Å². The van der Waals surface area contributed by atoms with Crippen LogP contribution in [0.5, 0.6) is 0 Å². The standard InChI is InChI=1S/C76H58Si2/c1-77-73(65-47-23-39-53-27-15-19-43-61(53)65)69(57-31-7-3-8-32-57)71(59-35-11-5-12-36-59)75(77,67-49-25-41-55-29-17-21-45-63(55)67)51-52-76(68-50-26-42-56-30-18-22-46-64(56)68)72(60-37-13-6-14-38-60)70(58-33-9-4-10-34-58)74(78(76)2)66-48-24-40-54-28-16-20-44-62(54)66/h3-50H,51-52H2,1-2H3. The highest BCUT2D eigenvalue weighted by atomic mass is 28.2. The summed E-state index contributed by atoms with van der Waals surface area (Å²) in [5.74, 6) is 0. The van der Waals surface area contributed by atoms with Crippen LogP contribution in [0.15, 0.2) is 291 Å². The molecule has 0 saturated carbocycles. The lowest BCUT2D eigenvalue weighted by molar-refractivity contribution is 0.571. The van der Waals surface area contributed by atoms with E-state index in [1.165, 1.54) is 120 Å². The molecular weight excluding hydrogens is 969 g/mol. The molecule has 0 bridgehead atoms. The minimum atomic E-state index is -1.64. The first-order valence-corrected chi connectivity index (χ1v) is 31.6. The van der Waals surface area contributed by atoms with Crippen molar-refractivity contribution in [1.29, 1.82) is 0 Å². The average molecular weight is 1030 g/mol. The molecule has 2 unspecified atom stereocenters. The van der Waals surface area contributed by atoms with Crippen molar-refractivity contribution in [3.05, 3.63) is 336 Å². The molecule has 2 atom stereocenters. The minimum absolute atomic E-state index is 0.443. The molecule has 2 aliphatic heterocycles. The molecule has 0 fully saturated rings. The Morgan fingerprint density at radius 1 is 0.256 bits per heavy atom. The molecule has 0 aliphatic carbocycles. The molecule has 78 heavy (non-hydrogen) atoms. The lowest BCUT2D eigenvalue weighted by Gasteiger charge is -2.43. The van der Waals surface area contributed by atoms with Crippen LogP contribution in [0.1, 0.15) is 57.3 Å². The van der Waals surface area contributed by atoms with E-state index < -0.39 is 26.9 Å². The van der Waals surface area contributed by atoms with E-state index in [-0.39, 0.29) is 0 Å². The summed E-state index contributed by atoms with van der Waals surface area (Å²) < 4.78 is 0.